The van der Waals surface area contributed by atoms with Crippen LogP contribution in [0.25, 0.3) is 0 Å². The molecule has 0 aliphatic rings. The predicted octanol–water partition coefficient (Wildman–Crippen LogP) is 3.46. The van der Waals surface area contributed by atoms with Crippen LogP contribution in [0.3, 0.4) is 0 Å². The third kappa shape index (κ3) is 3.60. The largest absolute Gasteiger partial charge is 0.389 e. The Morgan fingerprint density at radius 2 is 2.11 bits per heavy atom. The Labute approximate surface area is 125 Å². The Kier molecular flexibility index (Phi) is 4.67. The molecular weight excluding hydrogens is 302 g/mol. The van der Waals surface area contributed by atoms with Crippen molar-refractivity contribution in [1.82, 2.24) is 10.2 Å². The molecule has 0 bridgehead atoms. The lowest BCUT2D eigenvalue weighted by Gasteiger charge is -2.07. The fourth-order valence-electron chi connectivity index (χ4n) is 1.38. The van der Waals surface area contributed by atoms with Crippen molar-refractivity contribution < 1.29 is 5.11 Å². The molecule has 1 heterocycles. The first-order valence-electron chi connectivity index (χ1n) is 5.63. The van der Waals surface area contributed by atoms with E-state index in [2.05, 4.69) is 10.2 Å². The fraction of sp³-hybridized carbons (Fsp3) is 0.333. The van der Waals surface area contributed by atoms with Gasteiger partial charge in [0.2, 0.25) is 5.13 Å². The number of hydrogen-bond donors (Lipinski definition) is 1. The molecule has 7 heteroatoms. The van der Waals surface area contributed by atoms with Gasteiger partial charge >= 0.3 is 0 Å². The highest BCUT2D eigenvalue weighted by Crippen LogP contribution is 2.37. The first-order chi connectivity index (χ1) is 8.97. The summed E-state index contributed by atoms with van der Waals surface area (Å²) >= 11 is 9.20. The van der Waals surface area contributed by atoms with E-state index in [-0.39, 0.29) is 0 Å². The Morgan fingerprint density at radius 3 is 2.63 bits per heavy atom. The minimum absolute atomic E-state index is 0.515. The van der Waals surface area contributed by atoms with Gasteiger partial charge in [0.1, 0.15) is 0 Å². The number of aliphatic hydroxyl groups excluding tert-OH is 1. The third-order valence-electron chi connectivity index (χ3n) is 2.41. The van der Waals surface area contributed by atoms with E-state index >= 15 is 0 Å². The highest BCUT2D eigenvalue weighted by atomic mass is 35.5. The average molecular weight is 316 g/mol. The smallest absolute Gasteiger partial charge is 0.208 e. The summed E-state index contributed by atoms with van der Waals surface area (Å²) in [7, 11) is 3.86. The first-order valence-corrected chi connectivity index (χ1v) is 7.64. The zero-order chi connectivity index (χ0) is 14.0. The number of benzene rings is 1. The van der Waals surface area contributed by atoms with Crippen LogP contribution in [-0.2, 0) is 0 Å². The van der Waals surface area contributed by atoms with Crippen LogP contribution in [0.2, 0.25) is 5.02 Å². The van der Waals surface area contributed by atoms with Crippen molar-refractivity contribution in [3.05, 3.63) is 28.8 Å². The van der Waals surface area contributed by atoms with Gasteiger partial charge in [0, 0.05) is 19.0 Å². The molecule has 0 aliphatic carbocycles. The second-order valence-electron chi connectivity index (χ2n) is 4.21. The van der Waals surface area contributed by atoms with Gasteiger partial charge in [-0.3, -0.25) is 0 Å². The van der Waals surface area contributed by atoms with Crippen molar-refractivity contribution in [3.63, 3.8) is 0 Å². The summed E-state index contributed by atoms with van der Waals surface area (Å²) in [5.41, 5.74) is 0.806. The summed E-state index contributed by atoms with van der Waals surface area (Å²) in [4.78, 5) is 2.83. The second kappa shape index (κ2) is 6.09. The number of hydrogen-bond acceptors (Lipinski definition) is 6. The first kappa shape index (κ1) is 14.6. The Hall–Kier alpha value is -0.820. The summed E-state index contributed by atoms with van der Waals surface area (Å²) in [5, 5.41) is 19.2. The normalized spacial score (nSPS) is 12.5. The highest BCUT2D eigenvalue weighted by Gasteiger charge is 2.11. The zero-order valence-corrected chi connectivity index (χ0v) is 13.2. The quantitative estimate of drug-likeness (QED) is 0.936. The zero-order valence-electron chi connectivity index (χ0n) is 10.8. The molecule has 19 heavy (non-hydrogen) atoms. The van der Waals surface area contributed by atoms with Gasteiger partial charge in [0.25, 0.3) is 0 Å². The molecule has 1 unspecified atom stereocenters. The maximum Gasteiger partial charge on any atom is 0.208 e. The van der Waals surface area contributed by atoms with Gasteiger partial charge in [0.05, 0.1) is 11.1 Å². The van der Waals surface area contributed by atoms with Crippen molar-refractivity contribution in [3.8, 4) is 0 Å². The highest BCUT2D eigenvalue weighted by molar-refractivity contribution is 8.01. The number of halogens is 1. The van der Waals surface area contributed by atoms with Gasteiger partial charge in [-0.15, -0.1) is 10.2 Å². The number of aromatic nitrogens is 2. The van der Waals surface area contributed by atoms with E-state index in [1.807, 2.05) is 31.1 Å². The number of rotatable bonds is 4. The maximum absolute atomic E-state index is 9.50. The van der Waals surface area contributed by atoms with Crippen LogP contribution in [0.4, 0.5) is 5.13 Å². The number of anilines is 1. The Balaban J connectivity index is 2.18. The summed E-state index contributed by atoms with van der Waals surface area (Å²) in [6.07, 6.45) is -0.515. The SMILES string of the molecule is CC(O)c1ccc(Sc2nnc(N(C)C)s2)c(Cl)c1. The van der Waals surface area contributed by atoms with Gasteiger partial charge in [-0.1, -0.05) is 40.8 Å². The van der Waals surface area contributed by atoms with Crippen LogP contribution >= 0.6 is 34.7 Å². The molecule has 102 valence electrons. The lowest BCUT2D eigenvalue weighted by Crippen LogP contribution is -2.07. The van der Waals surface area contributed by atoms with E-state index in [4.69, 9.17) is 11.6 Å². The standard InChI is InChI=1S/C12H14ClN3OS2/c1-7(17)8-4-5-10(9(13)6-8)18-12-15-14-11(19-12)16(2)3/h4-7,17H,1-3H3. The molecule has 1 N–H and O–H groups in total. The fourth-order valence-corrected chi connectivity index (χ4v) is 3.41. The topological polar surface area (TPSA) is 49.3 Å². The van der Waals surface area contributed by atoms with Crippen LogP contribution in [0.5, 0.6) is 0 Å². The Bertz CT molecular complexity index is 572. The molecule has 0 amide bonds. The van der Waals surface area contributed by atoms with Crippen molar-refractivity contribution in [2.24, 2.45) is 0 Å². The molecular formula is C12H14ClN3OS2. The van der Waals surface area contributed by atoms with E-state index < -0.39 is 6.10 Å². The van der Waals surface area contributed by atoms with E-state index in [9.17, 15) is 5.11 Å². The summed E-state index contributed by atoms with van der Waals surface area (Å²) < 4.78 is 0.843. The molecule has 0 spiro atoms. The van der Waals surface area contributed by atoms with Crippen LogP contribution in [-0.4, -0.2) is 29.4 Å². The molecule has 0 radical (unpaired) electrons. The number of aliphatic hydroxyl groups is 1. The second-order valence-corrected chi connectivity index (χ2v) is 6.87. The molecule has 0 saturated heterocycles. The average Bonchev–Trinajstić information content (AvgIpc) is 2.80. The van der Waals surface area contributed by atoms with Gasteiger partial charge in [-0.05, 0) is 24.6 Å². The van der Waals surface area contributed by atoms with E-state index in [0.717, 1.165) is 19.9 Å². The molecule has 1 atom stereocenters. The van der Waals surface area contributed by atoms with Gasteiger partial charge < -0.3 is 10.0 Å². The number of nitrogens with zero attached hydrogens (tertiary/aromatic N) is 3. The van der Waals surface area contributed by atoms with Crippen LogP contribution in [0.15, 0.2) is 27.4 Å². The van der Waals surface area contributed by atoms with Crippen molar-refractivity contribution in [1.29, 1.82) is 0 Å². The summed E-state index contributed by atoms with van der Waals surface area (Å²) in [6, 6.07) is 5.54. The minimum Gasteiger partial charge on any atom is -0.389 e. The van der Waals surface area contributed by atoms with Gasteiger partial charge in [-0.2, -0.15) is 0 Å². The summed E-state index contributed by atoms with van der Waals surface area (Å²) in [6.45, 7) is 1.71. The van der Waals surface area contributed by atoms with Crippen molar-refractivity contribution in [2.45, 2.75) is 22.3 Å². The van der Waals surface area contributed by atoms with E-state index in [1.165, 1.54) is 23.1 Å². The van der Waals surface area contributed by atoms with Gasteiger partial charge in [0.15, 0.2) is 4.34 Å². The molecule has 2 aromatic rings. The molecule has 4 nitrogen and oxygen atoms in total. The minimum atomic E-state index is -0.515. The van der Waals surface area contributed by atoms with Crippen LogP contribution < -0.4 is 4.90 Å². The monoisotopic (exact) mass is 315 g/mol. The van der Waals surface area contributed by atoms with Gasteiger partial charge in [-0.25, -0.2) is 0 Å². The molecule has 0 saturated carbocycles. The lowest BCUT2D eigenvalue weighted by atomic mass is 10.1. The lowest BCUT2D eigenvalue weighted by molar-refractivity contribution is 0.199. The molecule has 2 rings (SSSR count). The molecule has 1 aromatic heterocycles. The van der Waals surface area contributed by atoms with Crippen molar-refractivity contribution in [2.75, 3.05) is 19.0 Å². The van der Waals surface area contributed by atoms with Crippen molar-refractivity contribution >= 4 is 39.8 Å². The van der Waals surface area contributed by atoms with E-state index in [0.29, 0.717) is 5.02 Å². The van der Waals surface area contributed by atoms with E-state index in [1.54, 1.807) is 13.0 Å². The molecule has 0 aliphatic heterocycles. The molecule has 1 aromatic carbocycles. The third-order valence-corrected chi connectivity index (χ3v) is 5.06. The predicted molar refractivity (Wildman–Crippen MR) is 80.4 cm³/mol. The Morgan fingerprint density at radius 1 is 1.37 bits per heavy atom. The maximum atomic E-state index is 9.50. The van der Waals surface area contributed by atoms with Crippen LogP contribution in [0.1, 0.15) is 18.6 Å². The van der Waals surface area contributed by atoms with Crippen LogP contribution in [0, 0.1) is 0 Å². The molecule has 0 fully saturated rings. The summed E-state index contributed by atoms with van der Waals surface area (Å²) in [5.74, 6) is 0.